The zero-order valence-corrected chi connectivity index (χ0v) is 8.12. The molecule has 0 saturated heterocycles. The Morgan fingerprint density at radius 2 is 2.46 bits per heavy atom. The molecule has 1 aromatic rings. The van der Waals surface area contributed by atoms with Gasteiger partial charge in [-0.15, -0.1) is 0 Å². The molecule has 1 aromatic heterocycles. The Morgan fingerprint density at radius 3 is 3.00 bits per heavy atom. The number of hydrogen-bond acceptors (Lipinski definition) is 4. The van der Waals surface area contributed by atoms with Crippen LogP contribution in [0.3, 0.4) is 0 Å². The molecule has 0 aliphatic carbocycles. The van der Waals surface area contributed by atoms with E-state index in [-0.39, 0.29) is 6.10 Å². The molecule has 0 spiro atoms. The van der Waals surface area contributed by atoms with Gasteiger partial charge in [-0.05, 0) is 13.3 Å². The van der Waals surface area contributed by atoms with Gasteiger partial charge in [-0.2, -0.15) is 0 Å². The van der Waals surface area contributed by atoms with Crippen LogP contribution in [0, 0.1) is 0 Å². The first-order chi connectivity index (χ1) is 6.26. The van der Waals surface area contributed by atoms with Crippen molar-refractivity contribution in [3.8, 4) is 0 Å². The van der Waals surface area contributed by atoms with Gasteiger partial charge in [0, 0.05) is 12.6 Å². The first-order valence-corrected chi connectivity index (χ1v) is 4.52. The average Bonchev–Trinajstić information content (AvgIpc) is 2.61. The Balaban J connectivity index is 2.36. The maximum absolute atomic E-state index is 5.46. The van der Waals surface area contributed by atoms with Crippen molar-refractivity contribution in [1.82, 2.24) is 5.16 Å². The minimum Gasteiger partial charge on any atom is -0.370 e. The molecule has 13 heavy (non-hydrogen) atoms. The van der Waals surface area contributed by atoms with Gasteiger partial charge in [0.25, 0.3) is 0 Å². The minimum atomic E-state index is 0.256. The van der Waals surface area contributed by atoms with E-state index in [1.165, 1.54) is 0 Å². The van der Waals surface area contributed by atoms with Gasteiger partial charge in [-0.3, -0.25) is 0 Å². The van der Waals surface area contributed by atoms with Crippen LogP contribution < -0.4 is 5.73 Å². The monoisotopic (exact) mass is 184 g/mol. The number of nitrogens with zero attached hydrogens (tertiary/aromatic N) is 1. The molecular weight excluding hydrogens is 168 g/mol. The first-order valence-electron chi connectivity index (χ1n) is 4.52. The molecule has 4 heteroatoms. The minimum absolute atomic E-state index is 0.256. The van der Waals surface area contributed by atoms with Crippen LogP contribution in [0.25, 0.3) is 0 Å². The summed E-state index contributed by atoms with van der Waals surface area (Å²) < 4.78 is 10.5. The van der Waals surface area contributed by atoms with Gasteiger partial charge < -0.3 is 15.0 Å². The van der Waals surface area contributed by atoms with Crippen molar-refractivity contribution in [2.45, 2.75) is 39.5 Å². The van der Waals surface area contributed by atoms with E-state index in [4.69, 9.17) is 15.0 Å². The first kappa shape index (κ1) is 10.2. The second-order valence-corrected chi connectivity index (χ2v) is 3.02. The molecule has 2 N–H and O–H groups in total. The fourth-order valence-electron chi connectivity index (χ4n) is 0.862. The van der Waals surface area contributed by atoms with Gasteiger partial charge >= 0.3 is 0 Å². The number of ether oxygens (including phenoxy) is 1. The van der Waals surface area contributed by atoms with Crippen molar-refractivity contribution in [2.24, 2.45) is 5.73 Å². The summed E-state index contributed by atoms with van der Waals surface area (Å²) in [6.45, 7) is 4.99. The molecule has 1 heterocycles. The zero-order chi connectivity index (χ0) is 9.68. The predicted octanol–water partition coefficient (Wildman–Crippen LogP) is 1.45. The highest BCUT2D eigenvalue weighted by Gasteiger charge is 2.04. The average molecular weight is 184 g/mol. The number of rotatable bonds is 5. The highest BCUT2D eigenvalue weighted by molar-refractivity contribution is 5.03. The molecule has 0 bridgehead atoms. The molecule has 0 fully saturated rings. The Kier molecular flexibility index (Phi) is 3.92. The van der Waals surface area contributed by atoms with Crippen molar-refractivity contribution < 1.29 is 9.26 Å². The van der Waals surface area contributed by atoms with Crippen molar-refractivity contribution in [2.75, 3.05) is 0 Å². The predicted molar refractivity (Wildman–Crippen MR) is 48.9 cm³/mol. The SMILES string of the molecule is CCC(C)OCc1cc(CN)no1. The van der Waals surface area contributed by atoms with Crippen molar-refractivity contribution >= 4 is 0 Å². The Morgan fingerprint density at radius 1 is 1.69 bits per heavy atom. The Bertz CT molecular complexity index is 248. The number of nitrogens with two attached hydrogens (primary N) is 1. The summed E-state index contributed by atoms with van der Waals surface area (Å²) in [6.07, 6.45) is 1.25. The lowest BCUT2D eigenvalue weighted by molar-refractivity contribution is 0.0377. The molecule has 1 rings (SSSR count). The van der Waals surface area contributed by atoms with E-state index in [2.05, 4.69) is 12.1 Å². The smallest absolute Gasteiger partial charge is 0.162 e. The van der Waals surface area contributed by atoms with Crippen LogP contribution in [0.1, 0.15) is 31.7 Å². The van der Waals surface area contributed by atoms with E-state index < -0.39 is 0 Å². The van der Waals surface area contributed by atoms with E-state index in [0.717, 1.165) is 17.9 Å². The quantitative estimate of drug-likeness (QED) is 0.752. The second-order valence-electron chi connectivity index (χ2n) is 3.02. The molecule has 0 amide bonds. The Labute approximate surface area is 78.0 Å². The third-order valence-corrected chi connectivity index (χ3v) is 1.90. The summed E-state index contributed by atoms with van der Waals surface area (Å²) in [7, 11) is 0. The van der Waals surface area contributed by atoms with Gasteiger partial charge in [0.1, 0.15) is 6.61 Å². The zero-order valence-electron chi connectivity index (χ0n) is 8.12. The summed E-state index contributed by atoms with van der Waals surface area (Å²) in [5.74, 6) is 0.737. The van der Waals surface area contributed by atoms with Gasteiger partial charge in [0.15, 0.2) is 5.76 Å². The summed E-state index contributed by atoms with van der Waals surface area (Å²) in [5, 5.41) is 3.76. The maximum Gasteiger partial charge on any atom is 0.162 e. The lowest BCUT2D eigenvalue weighted by atomic mass is 10.3. The van der Waals surface area contributed by atoms with E-state index in [1.54, 1.807) is 0 Å². The van der Waals surface area contributed by atoms with Crippen LogP contribution in [0.2, 0.25) is 0 Å². The Hall–Kier alpha value is -0.870. The van der Waals surface area contributed by atoms with Crippen LogP contribution >= 0.6 is 0 Å². The van der Waals surface area contributed by atoms with Crippen LogP contribution in [0.15, 0.2) is 10.6 Å². The molecule has 1 unspecified atom stereocenters. The molecule has 0 radical (unpaired) electrons. The van der Waals surface area contributed by atoms with E-state index >= 15 is 0 Å². The van der Waals surface area contributed by atoms with Gasteiger partial charge in [0.2, 0.25) is 0 Å². The van der Waals surface area contributed by atoms with Gasteiger partial charge in [-0.1, -0.05) is 12.1 Å². The fraction of sp³-hybridized carbons (Fsp3) is 0.667. The molecule has 0 aliphatic rings. The summed E-state index contributed by atoms with van der Waals surface area (Å²) in [4.78, 5) is 0. The fourth-order valence-corrected chi connectivity index (χ4v) is 0.862. The topological polar surface area (TPSA) is 61.3 Å². The van der Waals surface area contributed by atoms with E-state index in [0.29, 0.717) is 13.2 Å². The summed E-state index contributed by atoms with van der Waals surface area (Å²) in [5.41, 5.74) is 6.15. The molecule has 4 nitrogen and oxygen atoms in total. The normalized spacial score (nSPS) is 13.2. The molecule has 0 aliphatic heterocycles. The maximum atomic E-state index is 5.46. The lowest BCUT2D eigenvalue weighted by Crippen LogP contribution is -2.05. The summed E-state index contributed by atoms with van der Waals surface area (Å²) >= 11 is 0. The van der Waals surface area contributed by atoms with Crippen LogP contribution in [-0.4, -0.2) is 11.3 Å². The van der Waals surface area contributed by atoms with Crippen molar-refractivity contribution in [3.05, 3.63) is 17.5 Å². The molecule has 1 atom stereocenters. The van der Waals surface area contributed by atoms with Crippen LogP contribution in [0.5, 0.6) is 0 Å². The van der Waals surface area contributed by atoms with Gasteiger partial charge in [-0.25, -0.2) is 0 Å². The van der Waals surface area contributed by atoms with Crippen LogP contribution in [-0.2, 0) is 17.9 Å². The second kappa shape index (κ2) is 4.99. The third kappa shape index (κ3) is 3.16. The molecule has 74 valence electrons. The van der Waals surface area contributed by atoms with E-state index in [1.807, 2.05) is 13.0 Å². The highest BCUT2D eigenvalue weighted by atomic mass is 16.5. The summed E-state index contributed by atoms with van der Waals surface area (Å²) in [6, 6.07) is 1.82. The highest BCUT2D eigenvalue weighted by Crippen LogP contribution is 2.07. The van der Waals surface area contributed by atoms with Crippen molar-refractivity contribution in [3.63, 3.8) is 0 Å². The van der Waals surface area contributed by atoms with Crippen LogP contribution in [0.4, 0.5) is 0 Å². The number of aromatic nitrogens is 1. The van der Waals surface area contributed by atoms with Gasteiger partial charge in [0.05, 0.1) is 11.8 Å². The third-order valence-electron chi connectivity index (χ3n) is 1.90. The molecule has 0 saturated carbocycles. The molecular formula is C9H16N2O2. The van der Waals surface area contributed by atoms with Crippen molar-refractivity contribution in [1.29, 1.82) is 0 Å². The number of hydrogen-bond donors (Lipinski definition) is 1. The largest absolute Gasteiger partial charge is 0.370 e. The van der Waals surface area contributed by atoms with E-state index in [9.17, 15) is 0 Å². The lowest BCUT2D eigenvalue weighted by Gasteiger charge is -2.07. The molecule has 0 aromatic carbocycles. The standard InChI is InChI=1S/C9H16N2O2/c1-3-7(2)12-6-9-4-8(5-10)11-13-9/h4,7H,3,5-6,10H2,1-2H3.